The number of nitrogens with one attached hydrogen (secondary N) is 1. The summed E-state index contributed by atoms with van der Waals surface area (Å²) in [6, 6.07) is 6.97. The van der Waals surface area contributed by atoms with E-state index in [1.54, 1.807) is 31.2 Å². The molecule has 7 nitrogen and oxygen atoms in total. The number of para-hydroxylation sites is 1. The lowest BCUT2D eigenvalue weighted by Crippen LogP contribution is -2.45. The molecule has 0 aliphatic rings. The molecular formula is C15H20N4O3. The average Bonchev–Trinajstić information content (AvgIpc) is 2.88. The van der Waals surface area contributed by atoms with E-state index in [4.69, 9.17) is 15.0 Å². The molecule has 0 fully saturated rings. The molecule has 118 valence electrons. The van der Waals surface area contributed by atoms with Gasteiger partial charge < -0.3 is 20.3 Å². The summed E-state index contributed by atoms with van der Waals surface area (Å²) < 4.78 is 10.5. The molecule has 0 aliphatic heterocycles. The molecule has 1 heterocycles. The van der Waals surface area contributed by atoms with Crippen molar-refractivity contribution in [3.05, 3.63) is 41.5 Å². The van der Waals surface area contributed by atoms with E-state index in [2.05, 4.69) is 15.5 Å². The number of amides is 1. The van der Waals surface area contributed by atoms with Gasteiger partial charge in [0.05, 0.1) is 5.56 Å². The van der Waals surface area contributed by atoms with Crippen molar-refractivity contribution in [2.45, 2.75) is 32.9 Å². The van der Waals surface area contributed by atoms with Gasteiger partial charge in [0.2, 0.25) is 11.7 Å². The minimum atomic E-state index is -0.479. The van der Waals surface area contributed by atoms with Crippen molar-refractivity contribution in [2.24, 2.45) is 5.73 Å². The van der Waals surface area contributed by atoms with E-state index in [-0.39, 0.29) is 12.5 Å². The summed E-state index contributed by atoms with van der Waals surface area (Å²) in [5, 5.41) is 6.53. The molecule has 0 radical (unpaired) electrons. The first-order valence-electron chi connectivity index (χ1n) is 6.93. The van der Waals surface area contributed by atoms with Gasteiger partial charge in [0.1, 0.15) is 5.75 Å². The first-order valence-corrected chi connectivity index (χ1v) is 6.93. The van der Waals surface area contributed by atoms with Crippen LogP contribution < -0.4 is 15.8 Å². The van der Waals surface area contributed by atoms with Gasteiger partial charge in [-0.05, 0) is 26.0 Å². The summed E-state index contributed by atoms with van der Waals surface area (Å²) in [5.41, 5.74) is 5.82. The molecule has 1 amide bonds. The summed E-state index contributed by atoms with van der Waals surface area (Å²) in [5.74, 6) is 1.11. The van der Waals surface area contributed by atoms with Gasteiger partial charge in [0.25, 0.3) is 5.91 Å². The van der Waals surface area contributed by atoms with Crippen LogP contribution in [0.5, 0.6) is 5.75 Å². The fraction of sp³-hybridized carbons (Fsp3) is 0.400. The van der Waals surface area contributed by atoms with Crippen LogP contribution in [0.1, 0.15) is 35.9 Å². The zero-order valence-electron chi connectivity index (χ0n) is 12.9. The van der Waals surface area contributed by atoms with E-state index >= 15 is 0 Å². The number of nitrogens with zero attached hydrogens (tertiary/aromatic N) is 2. The van der Waals surface area contributed by atoms with E-state index in [1.165, 1.54) is 0 Å². The molecule has 3 N–H and O–H groups in total. The van der Waals surface area contributed by atoms with Gasteiger partial charge in [0.15, 0.2) is 6.61 Å². The van der Waals surface area contributed by atoms with Crippen LogP contribution in [-0.2, 0) is 6.61 Å². The van der Waals surface area contributed by atoms with E-state index in [9.17, 15) is 4.79 Å². The van der Waals surface area contributed by atoms with Crippen molar-refractivity contribution in [3.8, 4) is 5.75 Å². The number of aryl methyl sites for hydroxylation is 1. The Labute approximate surface area is 128 Å². The van der Waals surface area contributed by atoms with Crippen molar-refractivity contribution in [2.75, 3.05) is 6.54 Å². The number of carbonyl (C=O) groups excluding carboxylic acids is 1. The Morgan fingerprint density at radius 3 is 2.77 bits per heavy atom. The quantitative estimate of drug-likeness (QED) is 0.836. The highest BCUT2D eigenvalue weighted by Crippen LogP contribution is 2.19. The van der Waals surface area contributed by atoms with Crippen molar-refractivity contribution >= 4 is 5.91 Å². The number of aromatic nitrogens is 2. The van der Waals surface area contributed by atoms with Crippen LogP contribution in [0.4, 0.5) is 0 Å². The standard InChI is InChI=1S/C15H20N4O3/c1-10-18-13(19-22-10)8-21-12-7-5-4-6-11(12)14(20)17-9-15(2,3)16/h4-7H,8-9,16H2,1-3H3,(H,17,20). The summed E-state index contributed by atoms with van der Waals surface area (Å²) in [6.45, 7) is 5.88. The van der Waals surface area contributed by atoms with Gasteiger partial charge in [-0.2, -0.15) is 4.98 Å². The molecule has 0 saturated heterocycles. The third-order valence-electron chi connectivity index (χ3n) is 2.76. The maximum absolute atomic E-state index is 12.2. The van der Waals surface area contributed by atoms with Crippen molar-refractivity contribution < 1.29 is 14.1 Å². The molecular weight excluding hydrogens is 284 g/mol. The molecule has 2 rings (SSSR count). The molecule has 0 aliphatic carbocycles. The Bertz CT molecular complexity index is 646. The lowest BCUT2D eigenvalue weighted by atomic mass is 10.1. The maximum Gasteiger partial charge on any atom is 0.255 e. The van der Waals surface area contributed by atoms with E-state index in [1.807, 2.05) is 13.8 Å². The minimum Gasteiger partial charge on any atom is -0.485 e. The normalized spacial score (nSPS) is 11.3. The number of ether oxygens (including phenoxy) is 1. The molecule has 0 bridgehead atoms. The summed E-state index contributed by atoms with van der Waals surface area (Å²) >= 11 is 0. The second-order valence-electron chi connectivity index (χ2n) is 5.69. The van der Waals surface area contributed by atoms with Gasteiger partial charge in [0, 0.05) is 19.0 Å². The molecule has 0 unspecified atom stereocenters. The molecule has 0 atom stereocenters. The van der Waals surface area contributed by atoms with Gasteiger partial charge in [-0.25, -0.2) is 0 Å². The van der Waals surface area contributed by atoms with Crippen molar-refractivity contribution in [1.82, 2.24) is 15.5 Å². The molecule has 1 aromatic carbocycles. The van der Waals surface area contributed by atoms with Gasteiger partial charge >= 0.3 is 0 Å². The van der Waals surface area contributed by atoms with Crippen LogP contribution >= 0.6 is 0 Å². The number of rotatable bonds is 6. The van der Waals surface area contributed by atoms with Gasteiger partial charge in [-0.15, -0.1) is 0 Å². The Morgan fingerprint density at radius 1 is 1.41 bits per heavy atom. The second kappa shape index (κ2) is 6.57. The molecule has 1 aromatic heterocycles. The summed E-state index contributed by atoms with van der Waals surface area (Å²) in [4.78, 5) is 16.3. The Balaban J connectivity index is 2.04. The van der Waals surface area contributed by atoms with Crippen LogP contribution in [-0.4, -0.2) is 28.1 Å². The van der Waals surface area contributed by atoms with Crippen molar-refractivity contribution in [3.63, 3.8) is 0 Å². The molecule has 22 heavy (non-hydrogen) atoms. The smallest absolute Gasteiger partial charge is 0.255 e. The highest BCUT2D eigenvalue weighted by atomic mass is 16.5. The topological polar surface area (TPSA) is 103 Å². The first-order chi connectivity index (χ1) is 10.3. The third-order valence-corrected chi connectivity index (χ3v) is 2.76. The Kier molecular flexibility index (Phi) is 4.77. The fourth-order valence-corrected chi connectivity index (χ4v) is 1.73. The number of nitrogens with two attached hydrogens (primary N) is 1. The number of benzene rings is 1. The number of carbonyl (C=O) groups is 1. The SMILES string of the molecule is Cc1nc(COc2ccccc2C(=O)NCC(C)(C)N)no1. The lowest BCUT2D eigenvalue weighted by Gasteiger charge is -2.19. The van der Waals surface area contributed by atoms with Gasteiger partial charge in [-0.3, -0.25) is 4.79 Å². The average molecular weight is 304 g/mol. The maximum atomic E-state index is 12.2. The highest BCUT2D eigenvalue weighted by molar-refractivity contribution is 5.96. The van der Waals surface area contributed by atoms with Crippen LogP contribution in [0.15, 0.2) is 28.8 Å². The molecule has 2 aromatic rings. The minimum absolute atomic E-state index is 0.129. The predicted octanol–water partition coefficient (Wildman–Crippen LogP) is 1.42. The lowest BCUT2D eigenvalue weighted by molar-refractivity contribution is 0.0941. The first kappa shape index (κ1) is 16.0. The molecule has 0 saturated carbocycles. The van der Waals surface area contributed by atoms with Crippen molar-refractivity contribution in [1.29, 1.82) is 0 Å². The van der Waals surface area contributed by atoms with E-state index in [0.29, 0.717) is 29.6 Å². The Hall–Kier alpha value is -2.41. The van der Waals surface area contributed by atoms with Crippen LogP contribution in [0, 0.1) is 6.92 Å². The monoisotopic (exact) mass is 304 g/mol. The zero-order chi connectivity index (χ0) is 16.2. The van der Waals surface area contributed by atoms with E-state index in [0.717, 1.165) is 0 Å². The van der Waals surface area contributed by atoms with Crippen LogP contribution in [0.25, 0.3) is 0 Å². The van der Waals surface area contributed by atoms with Crippen LogP contribution in [0.3, 0.4) is 0 Å². The van der Waals surface area contributed by atoms with Crippen LogP contribution in [0.2, 0.25) is 0 Å². The number of hydrogen-bond acceptors (Lipinski definition) is 6. The predicted molar refractivity (Wildman–Crippen MR) is 80.4 cm³/mol. The van der Waals surface area contributed by atoms with Gasteiger partial charge in [-0.1, -0.05) is 17.3 Å². The van der Waals surface area contributed by atoms with E-state index < -0.39 is 5.54 Å². The largest absolute Gasteiger partial charge is 0.485 e. The summed E-state index contributed by atoms with van der Waals surface area (Å²) in [6.07, 6.45) is 0. The molecule has 0 spiro atoms. The molecule has 7 heteroatoms. The Morgan fingerprint density at radius 2 is 2.14 bits per heavy atom. The third kappa shape index (κ3) is 4.56. The highest BCUT2D eigenvalue weighted by Gasteiger charge is 2.16. The summed E-state index contributed by atoms with van der Waals surface area (Å²) in [7, 11) is 0. The second-order valence-corrected chi connectivity index (χ2v) is 5.69. The zero-order valence-corrected chi connectivity index (χ0v) is 12.9. The number of hydrogen-bond donors (Lipinski definition) is 2. The fourth-order valence-electron chi connectivity index (χ4n) is 1.73.